The summed E-state index contributed by atoms with van der Waals surface area (Å²) >= 11 is 7.90. The number of nitrogens with one attached hydrogen (secondary N) is 1. The standard InChI is InChI=1S/C47H49ClN6O7S2/c1-29-12-19-40(39-18-15-35(28-49)43(29)39)53-63(57,58)38-10-5-8-34(26-38)42(56)11-7-21-60-23-25-61-24-22-59-20-6-9-37(55)27-41-46-52-51-32(4)54(46)47-44(30(2)31(3)62-47)45(50-41)33-13-16-36(48)17-14-33/h5,8,10,12-17,19,26,41,53H,6-7,9,11,18,20-25,27H2,1-4H3/t41-/m0/s1. The number of aryl methyl sites for hydroxylation is 3. The average Bonchev–Trinajstić information content (AvgIpc) is 3.94. The number of Topliss-reactive ketones (excluding diaryl/α,β-unsaturated/α-hetero) is 2. The number of fused-ring (bicyclic) bond motifs is 4. The van der Waals surface area contributed by atoms with Gasteiger partial charge in [0.2, 0.25) is 0 Å². The molecule has 2 aliphatic rings. The van der Waals surface area contributed by atoms with Crippen LogP contribution in [0.3, 0.4) is 0 Å². The molecule has 0 amide bonds. The van der Waals surface area contributed by atoms with Gasteiger partial charge in [0.1, 0.15) is 22.7 Å². The minimum Gasteiger partial charge on any atom is -0.379 e. The highest BCUT2D eigenvalue weighted by atomic mass is 35.5. The molecule has 0 radical (unpaired) electrons. The molecule has 13 nitrogen and oxygen atoms in total. The van der Waals surface area contributed by atoms with Crippen LogP contribution in [0.15, 0.2) is 76.6 Å². The number of aromatic nitrogens is 3. The van der Waals surface area contributed by atoms with Crippen LogP contribution in [-0.2, 0) is 35.4 Å². The highest BCUT2D eigenvalue weighted by Gasteiger charge is 2.32. The predicted octanol–water partition coefficient (Wildman–Crippen LogP) is 8.82. The monoisotopic (exact) mass is 908 g/mol. The summed E-state index contributed by atoms with van der Waals surface area (Å²) in [7, 11) is -3.99. The third-order valence-electron chi connectivity index (χ3n) is 11.1. The van der Waals surface area contributed by atoms with Crippen LogP contribution in [0.25, 0.3) is 10.6 Å². The SMILES string of the molecule is Cc1ccc(NS(=O)(=O)c2cccc(C(=O)CCCOCCOCCOCCCC(=O)C[C@@H]3N=C(c4ccc(Cl)cc4)c4c(sc(C)c4C)-n4c(C)nnc43)c2)c2c1C(C#N)=CC2. The summed E-state index contributed by atoms with van der Waals surface area (Å²) in [6.45, 7) is 10.2. The molecule has 0 saturated carbocycles. The number of allylic oxidation sites excluding steroid dienone is 2. The summed E-state index contributed by atoms with van der Waals surface area (Å²) in [4.78, 5) is 32.6. The number of carbonyl (C=O) groups is 2. The topological polar surface area (TPSA) is 175 Å². The summed E-state index contributed by atoms with van der Waals surface area (Å²) in [5.74, 6) is 1.28. The molecule has 3 aromatic carbocycles. The van der Waals surface area contributed by atoms with Crippen LogP contribution in [0.4, 0.5) is 5.69 Å². The van der Waals surface area contributed by atoms with E-state index in [-0.39, 0.29) is 29.3 Å². The van der Waals surface area contributed by atoms with Gasteiger partial charge in [-0.2, -0.15) is 5.26 Å². The van der Waals surface area contributed by atoms with Gasteiger partial charge in [-0.05, 0) is 94.0 Å². The van der Waals surface area contributed by atoms with Crippen molar-refractivity contribution in [2.24, 2.45) is 4.99 Å². The first-order valence-electron chi connectivity index (χ1n) is 20.9. The van der Waals surface area contributed by atoms with Gasteiger partial charge in [0.15, 0.2) is 11.6 Å². The zero-order valence-corrected chi connectivity index (χ0v) is 38.1. The van der Waals surface area contributed by atoms with Crippen molar-refractivity contribution in [3.63, 3.8) is 0 Å². The fourth-order valence-corrected chi connectivity index (χ4v) is 10.2. The van der Waals surface area contributed by atoms with Gasteiger partial charge in [0.05, 0.1) is 54.4 Å². The van der Waals surface area contributed by atoms with Crippen molar-refractivity contribution < 1.29 is 32.2 Å². The second-order valence-corrected chi connectivity index (χ2v) is 18.8. The van der Waals surface area contributed by atoms with E-state index in [0.717, 1.165) is 49.9 Å². The van der Waals surface area contributed by atoms with Gasteiger partial charge in [-0.3, -0.25) is 23.9 Å². The van der Waals surface area contributed by atoms with Crippen molar-refractivity contribution in [3.8, 4) is 11.1 Å². The molecule has 0 spiro atoms. The molecule has 2 aromatic heterocycles. The molecule has 3 heterocycles. The summed E-state index contributed by atoms with van der Waals surface area (Å²) in [5.41, 5.74) is 7.57. The number of hydrogen-bond acceptors (Lipinski definition) is 12. The molecule has 63 heavy (non-hydrogen) atoms. The van der Waals surface area contributed by atoms with E-state index >= 15 is 0 Å². The minimum atomic E-state index is -3.99. The normalized spacial score (nSPS) is 14.3. The van der Waals surface area contributed by atoms with E-state index in [1.165, 1.54) is 17.0 Å². The third kappa shape index (κ3) is 10.6. The molecule has 0 bridgehead atoms. The number of aliphatic imine (C=N–C) groups is 1. The minimum absolute atomic E-state index is 0.0185. The number of carbonyl (C=O) groups excluding carboxylic acids is 2. The van der Waals surface area contributed by atoms with E-state index in [1.807, 2.05) is 42.7 Å². The Balaban J connectivity index is 0.782. The lowest BCUT2D eigenvalue weighted by Crippen LogP contribution is -2.15. The Kier molecular flexibility index (Phi) is 14.8. The van der Waals surface area contributed by atoms with Crippen molar-refractivity contribution in [1.29, 1.82) is 5.26 Å². The maximum absolute atomic E-state index is 13.3. The number of sulfonamides is 1. The highest BCUT2D eigenvalue weighted by molar-refractivity contribution is 7.92. The van der Waals surface area contributed by atoms with Crippen LogP contribution < -0.4 is 4.72 Å². The van der Waals surface area contributed by atoms with Crippen molar-refractivity contribution in [2.45, 2.75) is 77.2 Å². The Morgan fingerprint density at radius 1 is 0.905 bits per heavy atom. The van der Waals surface area contributed by atoms with Crippen molar-refractivity contribution in [2.75, 3.05) is 44.4 Å². The summed E-state index contributed by atoms with van der Waals surface area (Å²) in [6, 6.07) is 18.8. The summed E-state index contributed by atoms with van der Waals surface area (Å²) in [6.07, 6.45) is 4.00. The van der Waals surface area contributed by atoms with E-state index in [0.29, 0.717) is 93.0 Å². The van der Waals surface area contributed by atoms with E-state index in [4.69, 9.17) is 30.8 Å². The molecule has 7 rings (SSSR count). The molecule has 0 fully saturated rings. The van der Waals surface area contributed by atoms with Crippen LogP contribution >= 0.6 is 22.9 Å². The fourth-order valence-electron chi connectivity index (χ4n) is 7.74. The second-order valence-electron chi connectivity index (χ2n) is 15.5. The smallest absolute Gasteiger partial charge is 0.261 e. The Labute approximate surface area is 376 Å². The Bertz CT molecular complexity index is 2730. The van der Waals surface area contributed by atoms with Crippen molar-refractivity contribution in [1.82, 2.24) is 14.8 Å². The fraction of sp³-hybridized carbons (Fsp3) is 0.362. The van der Waals surface area contributed by atoms with Gasteiger partial charge in [-0.15, -0.1) is 21.5 Å². The highest BCUT2D eigenvalue weighted by Crippen LogP contribution is 2.40. The quantitative estimate of drug-likeness (QED) is 0.0553. The van der Waals surface area contributed by atoms with Gasteiger partial charge in [0, 0.05) is 64.6 Å². The molecule has 328 valence electrons. The Morgan fingerprint density at radius 2 is 1.60 bits per heavy atom. The van der Waals surface area contributed by atoms with Crippen LogP contribution in [0.2, 0.25) is 5.02 Å². The molecule has 1 atom stereocenters. The molecule has 1 aliphatic carbocycles. The van der Waals surface area contributed by atoms with Crippen molar-refractivity contribution >= 4 is 61.5 Å². The maximum Gasteiger partial charge on any atom is 0.261 e. The molecule has 0 unspecified atom stereocenters. The first-order chi connectivity index (χ1) is 30.4. The number of benzene rings is 3. The van der Waals surface area contributed by atoms with E-state index in [1.54, 1.807) is 41.7 Å². The number of rotatable bonds is 21. The summed E-state index contributed by atoms with van der Waals surface area (Å²) < 4.78 is 48.3. The van der Waals surface area contributed by atoms with E-state index in [2.05, 4.69) is 34.8 Å². The van der Waals surface area contributed by atoms with E-state index in [9.17, 15) is 23.3 Å². The van der Waals surface area contributed by atoms with Gasteiger partial charge in [-0.25, -0.2) is 8.42 Å². The number of thiophene rings is 1. The van der Waals surface area contributed by atoms with Crippen LogP contribution in [0.1, 0.15) is 98.4 Å². The van der Waals surface area contributed by atoms with Crippen molar-refractivity contribution in [3.05, 3.63) is 127 Å². The van der Waals surface area contributed by atoms with Gasteiger partial charge >= 0.3 is 0 Å². The molecule has 1 aliphatic heterocycles. The van der Waals surface area contributed by atoms with E-state index < -0.39 is 16.1 Å². The molecule has 0 saturated heterocycles. The zero-order valence-electron chi connectivity index (χ0n) is 35.7. The number of hydrogen-bond donors (Lipinski definition) is 1. The predicted molar refractivity (Wildman–Crippen MR) is 244 cm³/mol. The second kappa shape index (κ2) is 20.4. The number of nitriles is 1. The number of anilines is 1. The number of halogens is 1. The molecular formula is C47H49ClN6O7S2. The van der Waals surface area contributed by atoms with Gasteiger partial charge in [-0.1, -0.05) is 48.0 Å². The Morgan fingerprint density at radius 3 is 2.32 bits per heavy atom. The largest absolute Gasteiger partial charge is 0.379 e. The van der Waals surface area contributed by atoms with Crippen LogP contribution in [0.5, 0.6) is 0 Å². The number of ketones is 2. The molecule has 1 N–H and O–H groups in total. The number of nitrogens with zero attached hydrogens (tertiary/aromatic N) is 5. The average molecular weight is 910 g/mol. The van der Waals surface area contributed by atoms with Gasteiger partial charge < -0.3 is 14.2 Å². The third-order valence-corrected chi connectivity index (χ3v) is 13.9. The molecule has 5 aromatic rings. The lowest BCUT2D eigenvalue weighted by atomic mass is 9.99. The van der Waals surface area contributed by atoms with Crippen LogP contribution in [0, 0.1) is 39.0 Å². The number of ether oxygens (including phenoxy) is 3. The molecule has 16 heteroatoms. The lowest BCUT2D eigenvalue weighted by Gasteiger charge is -2.14. The first-order valence-corrected chi connectivity index (χ1v) is 23.5. The maximum atomic E-state index is 13.3. The molecular weight excluding hydrogens is 860 g/mol. The Hall–Kier alpha value is -5.34. The zero-order chi connectivity index (χ0) is 44.7. The van der Waals surface area contributed by atoms with Gasteiger partial charge in [0.25, 0.3) is 10.0 Å². The van der Waals surface area contributed by atoms with Crippen LogP contribution in [-0.4, -0.2) is 80.1 Å². The summed E-state index contributed by atoms with van der Waals surface area (Å²) in [5, 5.41) is 20.0. The first kappa shape index (κ1) is 45.7. The lowest BCUT2D eigenvalue weighted by molar-refractivity contribution is -0.119.